The zero-order chi connectivity index (χ0) is 14.8. The number of alkyl halides is 3. The summed E-state index contributed by atoms with van der Waals surface area (Å²) in [4.78, 5) is 11.7. The Hall–Kier alpha value is -2.31. The molecule has 0 spiro atoms. The molecule has 0 saturated heterocycles. The first-order valence-corrected chi connectivity index (χ1v) is 5.82. The van der Waals surface area contributed by atoms with Gasteiger partial charge in [-0.15, -0.1) is 0 Å². The summed E-state index contributed by atoms with van der Waals surface area (Å²) in [6.45, 7) is 1.81. The van der Waals surface area contributed by atoms with Gasteiger partial charge < -0.3 is 5.32 Å². The Morgan fingerprint density at radius 1 is 1.30 bits per heavy atom. The van der Waals surface area contributed by atoms with Crippen molar-refractivity contribution in [2.24, 2.45) is 0 Å². The molecule has 2 aromatic rings. The third kappa shape index (κ3) is 3.59. The molecule has 0 radical (unpaired) electrons. The largest absolute Gasteiger partial charge is 0.416 e. The number of aromatic nitrogens is 2. The van der Waals surface area contributed by atoms with E-state index in [1.54, 1.807) is 6.07 Å². The molecule has 0 aliphatic rings. The summed E-state index contributed by atoms with van der Waals surface area (Å²) in [6.07, 6.45) is -4.32. The highest BCUT2D eigenvalue weighted by atomic mass is 19.4. The third-order valence-corrected chi connectivity index (χ3v) is 2.60. The molecule has 0 aliphatic carbocycles. The van der Waals surface area contributed by atoms with Crippen LogP contribution in [0.3, 0.4) is 0 Å². The molecular weight excluding hydrogens is 271 g/mol. The van der Waals surface area contributed by atoms with E-state index in [-0.39, 0.29) is 12.3 Å². The van der Waals surface area contributed by atoms with Gasteiger partial charge in [-0.3, -0.25) is 9.89 Å². The van der Waals surface area contributed by atoms with Crippen molar-refractivity contribution < 1.29 is 18.0 Å². The number of aromatic amines is 1. The lowest BCUT2D eigenvalue weighted by molar-refractivity contribution is -0.137. The first-order chi connectivity index (χ1) is 9.34. The number of anilines is 1. The van der Waals surface area contributed by atoms with Gasteiger partial charge in [-0.2, -0.15) is 18.3 Å². The van der Waals surface area contributed by atoms with Gasteiger partial charge in [-0.1, -0.05) is 0 Å². The van der Waals surface area contributed by atoms with E-state index >= 15 is 0 Å². The van der Waals surface area contributed by atoms with Crippen molar-refractivity contribution in [3.8, 4) is 0 Å². The van der Waals surface area contributed by atoms with Crippen LogP contribution in [0, 0.1) is 6.92 Å². The highest BCUT2D eigenvalue weighted by Crippen LogP contribution is 2.29. The van der Waals surface area contributed by atoms with Crippen molar-refractivity contribution >= 4 is 11.6 Å². The summed E-state index contributed by atoms with van der Waals surface area (Å²) in [5, 5.41) is 9.13. The van der Waals surface area contributed by atoms with Crippen LogP contribution in [0.1, 0.15) is 17.0 Å². The van der Waals surface area contributed by atoms with E-state index < -0.39 is 11.7 Å². The third-order valence-electron chi connectivity index (χ3n) is 2.60. The van der Waals surface area contributed by atoms with Gasteiger partial charge in [0.05, 0.1) is 17.7 Å². The summed E-state index contributed by atoms with van der Waals surface area (Å²) in [6, 6.07) is 6.02. The fourth-order valence-corrected chi connectivity index (χ4v) is 1.68. The topological polar surface area (TPSA) is 57.8 Å². The molecule has 0 unspecified atom stereocenters. The molecule has 2 N–H and O–H groups in total. The maximum Gasteiger partial charge on any atom is 0.416 e. The zero-order valence-corrected chi connectivity index (χ0v) is 10.6. The molecule has 0 aliphatic heterocycles. The van der Waals surface area contributed by atoms with Crippen molar-refractivity contribution in [1.82, 2.24) is 10.2 Å². The molecule has 106 valence electrons. The highest BCUT2D eigenvalue weighted by molar-refractivity contribution is 5.92. The van der Waals surface area contributed by atoms with E-state index in [1.807, 2.05) is 6.92 Å². The number of rotatable bonds is 3. The van der Waals surface area contributed by atoms with E-state index in [0.717, 1.165) is 17.8 Å². The summed E-state index contributed by atoms with van der Waals surface area (Å²) < 4.78 is 37.1. The summed E-state index contributed by atoms with van der Waals surface area (Å²) in [5.74, 6) is -0.337. The fraction of sp³-hybridized carbons (Fsp3) is 0.231. The van der Waals surface area contributed by atoms with E-state index in [1.165, 1.54) is 12.1 Å². The number of halogens is 3. The number of hydrogen-bond acceptors (Lipinski definition) is 2. The quantitative estimate of drug-likeness (QED) is 0.910. The Bertz CT molecular complexity index is 602. The van der Waals surface area contributed by atoms with Crippen molar-refractivity contribution in [2.45, 2.75) is 19.5 Å². The van der Waals surface area contributed by atoms with E-state index in [2.05, 4.69) is 15.5 Å². The van der Waals surface area contributed by atoms with Gasteiger partial charge in [0.1, 0.15) is 0 Å². The number of hydrogen-bond donors (Lipinski definition) is 2. The molecule has 1 amide bonds. The van der Waals surface area contributed by atoms with Crippen LogP contribution >= 0.6 is 0 Å². The minimum absolute atomic E-state index is 0.0609. The second kappa shape index (κ2) is 5.36. The fourth-order valence-electron chi connectivity index (χ4n) is 1.68. The molecule has 0 atom stereocenters. The van der Waals surface area contributed by atoms with Gasteiger partial charge in [-0.25, -0.2) is 0 Å². The van der Waals surface area contributed by atoms with Crippen LogP contribution < -0.4 is 5.32 Å². The summed E-state index contributed by atoms with van der Waals surface area (Å²) >= 11 is 0. The van der Waals surface area contributed by atoms with E-state index in [0.29, 0.717) is 11.4 Å². The molecule has 1 aromatic heterocycles. The first-order valence-electron chi connectivity index (χ1n) is 5.82. The minimum atomic E-state index is -4.38. The SMILES string of the molecule is Cc1cc(CC(=O)Nc2ccc(C(F)(F)F)cc2)n[nH]1. The second-order valence-corrected chi connectivity index (χ2v) is 4.34. The number of carbonyl (C=O) groups is 1. The normalized spacial score (nSPS) is 11.4. The zero-order valence-electron chi connectivity index (χ0n) is 10.6. The second-order valence-electron chi connectivity index (χ2n) is 4.34. The van der Waals surface area contributed by atoms with Gasteiger partial charge in [0, 0.05) is 11.4 Å². The van der Waals surface area contributed by atoms with Gasteiger partial charge in [-0.05, 0) is 37.3 Å². The Balaban J connectivity index is 1.98. The van der Waals surface area contributed by atoms with Crippen LogP contribution in [0.5, 0.6) is 0 Å². The average Bonchev–Trinajstić information content (AvgIpc) is 2.74. The molecule has 0 saturated carbocycles. The predicted octanol–water partition coefficient (Wildman–Crippen LogP) is 2.92. The number of aryl methyl sites for hydroxylation is 1. The van der Waals surface area contributed by atoms with Crippen molar-refractivity contribution in [2.75, 3.05) is 5.32 Å². The standard InChI is InChI=1S/C13H12F3N3O/c1-8-6-11(19-18-8)7-12(20)17-10-4-2-9(3-5-10)13(14,15)16/h2-6H,7H2,1H3,(H,17,20)(H,18,19). The lowest BCUT2D eigenvalue weighted by atomic mass is 10.2. The predicted molar refractivity (Wildman–Crippen MR) is 67.1 cm³/mol. The summed E-state index contributed by atoms with van der Waals surface area (Å²) in [5.41, 5.74) is 0.975. The number of benzene rings is 1. The van der Waals surface area contributed by atoms with Gasteiger partial charge in [0.15, 0.2) is 0 Å². The molecule has 1 aromatic carbocycles. The maximum atomic E-state index is 12.4. The average molecular weight is 283 g/mol. The molecule has 7 heteroatoms. The van der Waals surface area contributed by atoms with Crippen molar-refractivity contribution in [3.63, 3.8) is 0 Å². The maximum absolute atomic E-state index is 12.4. The van der Waals surface area contributed by atoms with Crippen LogP contribution in [0.25, 0.3) is 0 Å². The van der Waals surface area contributed by atoms with Gasteiger partial charge in [0.2, 0.25) is 5.91 Å². The molecular formula is C13H12F3N3O. The van der Waals surface area contributed by atoms with Gasteiger partial charge in [0.25, 0.3) is 0 Å². The van der Waals surface area contributed by atoms with E-state index in [9.17, 15) is 18.0 Å². The monoisotopic (exact) mass is 283 g/mol. The molecule has 2 rings (SSSR count). The van der Waals surface area contributed by atoms with Crippen LogP contribution in [0.2, 0.25) is 0 Å². The smallest absolute Gasteiger partial charge is 0.326 e. The number of amides is 1. The van der Waals surface area contributed by atoms with Crippen LogP contribution in [-0.2, 0) is 17.4 Å². The Morgan fingerprint density at radius 2 is 1.95 bits per heavy atom. The van der Waals surface area contributed by atoms with E-state index in [4.69, 9.17) is 0 Å². The Labute approximate surface area is 113 Å². The van der Waals surface area contributed by atoms with Gasteiger partial charge >= 0.3 is 6.18 Å². The lowest BCUT2D eigenvalue weighted by Crippen LogP contribution is -2.15. The Kier molecular flexibility index (Phi) is 3.78. The number of nitrogens with one attached hydrogen (secondary N) is 2. The number of nitrogens with zero attached hydrogens (tertiary/aromatic N) is 1. The Morgan fingerprint density at radius 3 is 2.45 bits per heavy atom. The van der Waals surface area contributed by atoms with Crippen LogP contribution in [-0.4, -0.2) is 16.1 Å². The number of H-pyrrole nitrogens is 1. The first kappa shape index (κ1) is 14.1. The van der Waals surface area contributed by atoms with Crippen molar-refractivity contribution in [1.29, 1.82) is 0 Å². The highest BCUT2D eigenvalue weighted by Gasteiger charge is 2.29. The molecule has 4 nitrogen and oxygen atoms in total. The molecule has 20 heavy (non-hydrogen) atoms. The minimum Gasteiger partial charge on any atom is -0.326 e. The van der Waals surface area contributed by atoms with Crippen LogP contribution in [0.15, 0.2) is 30.3 Å². The lowest BCUT2D eigenvalue weighted by Gasteiger charge is -2.08. The summed E-state index contributed by atoms with van der Waals surface area (Å²) in [7, 11) is 0. The molecule has 0 bridgehead atoms. The molecule has 1 heterocycles. The van der Waals surface area contributed by atoms with Crippen LogP contribution in [0.4, 0.5) is 18.9 Å². The molecule has 0 fully saturated rings. The van der Waals surface area contributed by atoms with Crippen molar-refractivity contribution in [3.05, 3.63) is 47.3 Å². The number of carbonyl (C=O) groups excluding carboxylic acids is 1.